The molecule has 0 atom stereocenters. The van der Waals surface area contributed by atoms with Crippen LogP contribution in [-0.2, 0) is 4.79 Å². The van der Waals surface area contributed by atoms with Gasteiger partial charge < -0.3 is 10.5 Å². The SMILES string of the molecule is C=CC=N.O=CC=CO. The van der Waals surface area contributed by atoms with Crippen molar-refractivity contribution in [3.05, 3.63) is 25.0 Å². The number of nitrogens with one attached hydrogen (secondary N) is 1. The second-order valence-corrected chi connectivity index (χ2v) is 0.880. The van der Waals surface area contributed by atoms with Crippen LogP contribution in [0.5, 0.6) is 0 Å². The zero-order valence-corrected chi connectivity index (χ0v) is 4.95. The molecule has 0 bridgehead atoms. The summed E-state index contributed by atoms with van der Waals surface area (Å²) in [6, 6.07) is 0. The molecule has 0 heterocycles. The van der Waals surface area contributed by atoms with Crippen molar-refractivity contribution in [2.45, 2.75) is 0 Å². The van der Waals surface area contributed by atoms with Crippen molar-refractivity contribution in [2.24, 2.45) is 0 Å². The van der Waals surface area contributed by atoms with Gasteiger partial charge in [-0.15, -0.1) is 0 Å². The summed E-state index contributed by atoms with van der Waals surface area (Å²) < 4.78 is 0. The molecule has 0 saturated heterocycles. The van der Waals surface area contributed by atoms with Crippen LogP contribution in [0.2, 0.25) is 0 Å². The first-order valence-corrected chi connectivity index (χ1v) is 2.19. The Labute approximate surface area is 53.8 Å². The van der Waals surface area contributed by atoms with Gasteiger partial charge in [-0.05, 0) is 0 Å². The number of aliphatic hydroxyl groups is 1. The standard InChI is InChI=1S/C3H5N.C3H4O2/c1-2-3-4;4-2-1-3-5/h2-4H,1H2;1-4H. The van der Waals surface area contributed by atoms with E-state index in [0.717, 1.165) is 12.3 Å². The van der Waals surface area contributed by atoms with E-state index in [2.05, 4.69) is 6.58 Å². The number of allylic oxidation sites excluding steroid dienone is 2. The van der Waals surface area contributed by atoms with Gasteiger partial charge in [0.1, 0.15) is 6.29 Å². The lowest BCUT2D eigenvalue weighted by Crippen LogP contribution is -1.53. The maximum Gasteiger partial charge on any atom is 0.145 e. The number of aldehydes is 1. The molecule has 0 spiro atoms. The zero-order valence-electron chi connectivity index (χ0n) is 4.95. The van der Waals surface area contributed by atoms with Crippen LogP contribution in [0.25, 0.3) is 0 Å². The van der Waals surface area contributed by atoms with Crippen LogP contribution in [0.4, 0.5) is 0 Å². The van der Waals surface area contributed by atoms with Crippen LogP contribution in [0.3, 0.4) is 0 Å². The van der Waals surface area contributed by atoms with E-state index in [1.807, 2.05) is 0 Å². The summed E-state index contributed by atoms with van der Waals surface area (Å²) in [5.74, 6) is 0. The Morgan fingerprint density at radius 1 is 1.56 bits per heavy atom. The molecule has 0 aliphatic heterocycles. The third-order valence-electron chi connectivity index (χ3n) is 0.282. The number of carbonyl (C=O) groups is 1. The summed E-state index contributed by atoms with van der Waals surface area (Å²) in [7, 11) is 0. The molecule has 0 aromatic heterocycles. The predicted molar refractivity (Wildman–Crippen MR) is 36.8 cm³/mol. The van der Waals surface area contributed by atoms with Gasteiger partial charge in [0.2, 0.25) is 0 Å². The number of rotatable bonds is 2. The van der Waals surface area contributed by atoms with E-state index in [0.29, 0.717) is 12.5 Å². The lowest BCUT2D eigenvalue weighted by Gasteiger charge is -1.54. The van der Waals surface area contributed by atoms with Crippen molar-refractivity contribution in [1.29, 1.82) is 5.41 Å². The zero-order chi connectivity index (χ0) is 7.54. The summed E-state index contributed by atoms with van der Waals surface area (Å²) in [5.41, 5.74) is 0. The van der Waals surface area contributed by atoms with Crippen molar-refractivity contribution < 1.29 is 9.90 Å². The second kappa shape index (κ2) is 16.0. The number of hydrogen-bond acceptors (Lipinski definition) is 3. The Morgan fingerprint density at radius 2 is 2.00 bits per heavy atom. The second-order valence-electron chi connectivity index (χ2n) is 0.880. The average molecular weight is 127 g/mol. The molecule has 0 aliphatic carbocycles. The van der Waals surface area contributed by atoms with Gasteiger partial charge in [-0.2, -0.15) is 0 Å². The molecule has 0 fully saturated rings. The Bertz CT molecular complexity index is 102. The highest BCUT2D eigenvalue weighted by molar-refractivity contribution is 5.66. The van der Waals surface area contributed by atoms with E-state index < -0.39 is 0 Å². The van der Waals surface area contributed by atoms with Gasteiger partial charge in [-0.3, -0.25) is 4.79 Å². The average Bonchev–Trinajstić information content (AvgIpc) is 1.91. The topological polar surface area (TPSA) is 61.2 Å². The number of hydrogen-bond donors (Lipinski definition) is 2. The van der Waals surface area contributed by atoms with Crippen LogP contribution >= 0.6 is 0 Å². The van der Waals surface area contributed by atoms with E-state index in [1.165, 1.54) is 6.08 Å². The van der Waals surface area contributed by atoms with E-state index in [4.69, 9.17) is 15.3 Å². The van der Waals surface area contributed by atoms with Crippen molar-refractivity contribution in [2.75, 3.05) is 0 Å². The molecule has 0 aromatic rings. The third-order valence-corrected chi connectivity index (χ3v) is 0.282. The van der Waals surface area contributed by atoms with Crippen molar-refractivity contribution >= 4 is 12.5 Å². The summed E-state index contributed by atoms with van der Waals surface area (Å²) in [6.45, 7) is 3.24. The van der Waals surface area contributed by atoms with Gasteiger partial charge in [0, 0.05) is 12.3 Å². The molecule has 50 valence electrons. The minimum Gasteiger partial charge on any atom is -0.515 e. The molecule has 3 nitrogen and oxygen atoms in total. The highest BCUT2D eigenvalue weighted by Gasteiger charge is 1.50. The fraction of sp³-hybridized carbons (Fsp3) is 0. The van der Waals surface area contributed by atoms with Gasteiger partial charge >= 0.3 is 0 Å². The van der Waals surface area contributed by atoms with Crippen LogP contribution in [0.15, 0.2) is 25.0 Å². The lowest BCUT2D eigenvalue weighted by molar-refractivity contribution is -0.104. The summed E-state index contributed by atoms with van der Waals surface area (Å²) >= 11 is 0. The van der Waals surface area contributed by atoms with Gasteiger partial charge in [-0.1, -0.05) is 12.7 Å². The molecule has 3 heteroatoms. The molecule has 0 unspecified atom stereocenters. The van der Waals surface area contributed by atoms with Gasteiger partial charge in [0.25, 0.3) is 0 Å². The van der Waals surface area contributed by atoms with Gasteiger partial charge in [0.05, 0.1) is 6.26 Å². The number of carbonyl (C=O) groups excluding carboxylic acids is 1. The van der Waals surface area contributed by atoms with Crippen LogP contribution in [0.1, 0.15) is 0 Å². The Kier molecular flexibility index (Phi) is 18.7. The van der Waals surface area contributed by atoms with Crippen molar-refractivity contribution in [1.82, 2.24) is 0 Å². The van der Waals surface area contributed by atoms with Crippen molar-refractivity contribution in [3.63, 3.8) is 0 Å². The maximum absolute atomic E-state index is 9.16. The first kappa shape index (κ1) is 10.6. The monoisotopic (exact) mass is 127 g/mol. The molecule has 0 radical (unpaired) electrons. The largest absolute Gasteiger partial charge is 0.515 e. The fourth-order valence-corrected chi connectivity index (χ4v) is 0.0351. The molecule has 0 aromatic carbocycles. The van der Waals surface area contributed by atoms with Crippen LogP contribution in [0, 0.1) is 5.41 Å². The van der Waals surface area contributed by atoms with E-state index in [-0.39, 0.29) is 0 Å². The molecule has 9 heavy (non-hydrogen) atoms. The van der Waals surface area contributed by atoms with Gasteiger partial charge in [0.15, 0.2) is 0 Å². The Hall–Kier alpha value is -1.38. The third kappa shape index (κ3) is 53.8. The van der Waals surface area contributed by atoms with E-state index in [1.54, 1.807) is 0 Å². The lowest BCUT2D eigenvalue weighted by atomic mass is 10.7. The maximum atomic E-state index is 9.16. The minimum absolute atomic E-state index is 0.500. The highest BCUT2D eigenvalue weighted by Crippen LogP contribution is 1.49. The van der Waals surface area contributed by atoms with E-state index in [9.17, 15) is 0 Å². The number of aliphatic hydroxyl groups excluding tert-OH is 1. The molecule has 2 N–H and O–H groups in total. The molecule has 0 saturated carbocycles. The fourth-order valence-electron chi connectivity index (χ4n) is 0.0351. The Balaban J connectivity index is 0. The van der Waals surface area contributed by atoms with Crippen molar-refractivity contribution in [3.8, 4) is 0 Å². The van der Waals surface area contributed by atoms with Crippen LogP contribution < -0.4 is 0 Å². The molecular weight excluding hydrogens is 118 g/mol. The molecule has 0 amide bonds. The molecule has 0 aliphatic rings. The first-order valence-electron chi connectivity index (χ1n) is 2.19. The summed E-state index contributed by atoms with van der Waals surface area (Å²) in [4.78, 5) is 9.16. The van der Waals surface area contributed by atoms with Gasteiger partial charge in [-0.25, -0.2) is 0 Å². The first-order chi connectivity index (χ1) is 4.33. The highest BCUT2D eigenvalue weighted by atomic mass is 16.2. The summed E-state index contributed by atoms with van der Waals surface area (Å²) in [6.07, 6.45) is 4.74. The quantitative estimate of drug-likeness (QED) is 0.252. The smallest absolute Gasteiger partial charge is 0.145 e. The van der Waals surface area contributed by atoms with E-state index >= 15 is 0 Å². The summed E-state index contributed by atoms with van der Waals surface area (Å²) in [5, 5.41) is 13.9. The molecular formula is C6H9NO2. The normalized spacial score (nSPS) is 7.11. The predicted octanol–water partition coefficient (Wildman–Crippen LogP) is 1.08. The Morgan fingerprint density at radius 3 is 2.00 bits per heavy atom. The minimum atomic E-state index is 0.500. The van der Waals surface area contributed by atoms with Crippen LogP contribution in [-0.4, -0.2) is 17.6 Å². The molecule has 0 rings (SSSR count).